The molecule has 104 valence electrons. The van der Waals surface area contributed by atoms with E-state index in [2.05, 4.69) is 10.3 Å². The van der Waals surface area contributed by atoms with Crippen LogP contribution in [0.25, 0.3) is 10.9 Å². The number of aliphatic carboxylic acids is 2. The number of hydrogen-bond donors (Lipinski definition) is 3. The van der Waals surface area contributed by atoms with Gasteiger partial charge in [0, 0.05) is 16.8 Å². The molecule has 0 unspecified atom stereocenters. The molecule has 6 heteroatoms. The van der Waals surface area contributed by atoms with E-state index >= 15 is 0 Å². The molecule has 0 saturated heterocycles. The number of anilines is 1. The molecule has 0 aliphatic heterocycles. The number of carbonyl (C=O) groups is 2. The molecule has 0 aliphatic rings. The van der Waals surface area contributed by atoms with Gasteiger partial charge in [0.15, 0.2) is 0 Å². The van der Waals surface area contributed by atoms with E-state index in [-0.39, 0.29) is 0 Å². The second-order valence-corrected chi connectivity index (χ2v) is 4.46. The molecule has 20 heavy (non-hydrogen) atoms. The second kappa shape index (κ2) is 5.56. The van der Waals surface area contributed by atoms with Crippen LogP contribution in [0.3, 0.4) is 0 Å². The number of carboxylic acids is 2. The Morgan fingerprint density at radius 3 is 2.65 bits per heavy atom. The molecule has 1 aromatic heterocycles. The summed E-state index contributed by atoms with van der Waals surface area (Å²) in [4.78, 5) is 26.1. The average Bonchev–Trinajstić information content (AvgIpc) is 2.37. The summed E-state index contributed by atoms with van der Waals surface area (Å²) in [5, 5.41) is 21.3. The van der Waals surface area contributed by atoms with Crippen molar-refractivity contribution in [1.82, 2.24) is 4.98 Å². The summed E-state index contributed by atoms with van der Waals surface area (Å²) < 4.78 is 0. The Bertz CT molecular complexity index is 669. The summed E-state index contributed by atoms with van der Waals surface area (Å²) in [6, 6.07) is 7.74. The number of pyridine rings is 1. The van der Waals surface area contributed by atoms with Gasteiger partial charge in [-0.15, -0.1) is 0 Å². The minimum absolute atomic E-state index is 0.495. The standard InChI is InChI=1S/C14H14N2O4/c1-8-5-6-9-10(15-8)3-2-4-11(9)16-12(14(19)20)7-13(17)18/h2-6,12,16H,7H2,1H3,(H,17,18)(H,19,20)/t12-/m0/s1. The zero-order chi connectivity index (χ0) is 14.7. The quantitative estimate of drug-likeness (QED) is 0.769. The lowest BCUT2D eigenvalue weighted by Gasteiger charge is -2.15. The van der Waals surface area contributed by atoms with Crippen LogP contribution < -0.4 is 5.32 Å². The molecule has 2 aromatic rings. The summed E-state index contributed by atoms with van der Waals surface area (Å²) in [5.41, 5.74) is 2.15. The van der Waals surface area contributed by atoms with Gasteiger partial charge in [0.25, 0.3) is 0 Å². The van der Waals surface area contributed by atoms with Crippen LogP contribution in [0.4, 0.5) is 5.69 Å². The third-order valence-electron chi connectivity index (χ3n) is 2.88. The van der Waals surface area contributed by atoms with Crippen molar-refractivity contribution < 1.29 is 19.8 Å². The Hall–Kier alpha value is -2.63. The van der Waals surface area contributed by atoms with E-state index in [9.17, 15) is 9.59 Å². The fraction of sp³-hybridized carbons (Fsp3) is 0.214. The number of nitrogens with zero attached hydrogens (tertiary/aromatic N) is 1. The van der Waals surface area contributed by atoms with Gasteiger partial charge in [0.1, 0.15) is 6.04 Å². The lowest BCUT2D eigenvalue weighted by Crippen LogP contribution is -2.31. The van der Waals surface area contributed by atoms with Crippen molar-refractivity contribution in [2.45, 2.75) is 19.4 Å². The van der Waals surface area contributed by atoms with E-state index in [1.165, 1.54) is 0 Å². The lowest BCUT2D eigenvalue weighted by atomic mass is 10.1. The molecule has 0 bridgehead atoms. The smallest absolute Gasteiger partial charge is 0.326 e. The number of carboxylic acid groups (broad SMARTS) is 2. The van der Waals surface area contributed by atoms with Crippen LogP contribution in [0.1, 0.15) is 12.1 Å². The van der Waals surface area contributed by atoms with Crippen LogP contribution in [0.2, 0.25) is 0 Å². The number of aryl methyl sites for hydroxylation is 1. The third-order valence-corrected chi connectivity index (χ3v) is 2.88. The van der Waals surface area contributed by atoms with Crippen molar-refractivity contribution in [2.24, 2.45) is 0 Å². The first kappa shape index (κ1) is 13.8. The Balaban J connectivity index is 2.37. The highest BCUT2D eigenvalue weighted by molar-refractivity contribution is 5.94. The molecule has 0 saturated carbocycles. The molecule has 0 aliphatic carbocycles. The third kappa shape index (κ3) is 3.03. The highest BCUT2D eigenvalue weighted by atomic mass is 16.4. The van der Waals surface area contributed by atoms with Crippen molar-refractivity contribution in [3.05, 3.63) is 36.0 Å². The van der Waals surface area contributed by atoms with Crippen molar-refractivity contribution in [3.63, 3.8) is 0 Å². The molecular formula is C14H14N2O4. The first-order valence-electron chi connectivity index (χ1n) is 6.05. The van der Waals surface area contributed by atoms with E-state index < -0.39 is 24.4 Å². The molecular weight excluding hydrogens is 260 g/mol. The van der Waals surface area contributed by atoms with Crippen molar-refractivity contribution in [1.29, 1.82) is 0 Å². The molecule has 1 heterocycles. The summed E-state index contributed by atoms with van der Waals surface area (Å²) >= 11 is 0. The fourth-order valence-electron chi connectivity index (χ4n) is 1.95. The summed E-state index contributed by atoms with van der Waals surface area (Å²) in [6.45, 7) is 1.87. The number of rotatable bonds is 5. The predicted molar refractivity (Wildman–Crippen MR) is 73.8 cm³/mol. The fourth-order valence-corrected chi connectivity index (χ4v) is 1.95. The molecule has 0 radical (unpaired) electrons. The second-order valence-electron chi connectivity index (χ2n) is 4.46. The Labute approximate surface area is 115 Å². The zero-order valence-corrected chi connectivity index (χ0v) is 10.8. The van der Waals surface area contributed by atoms with Gasteiger partial charge in [-0.1, -0.05) is 6.07 Å². The largest absolute Gasteiger partial charge is 0.481 e. The number of aromatic nitrogens is 1. The van der Waals surface area contributed by atoms with Gasteiger partial charge < -0.3 is 15.5 Å². The van der Waals surface area contributed by atoms with Gasteiger partial charge in [0.2, 0.25) is 0 Å². The van der Waals surface area contributed by atoms with E-state index in [1.807, 2.05) is 25.1 Å². The van der Waals surface area contributed by atoms with Gasteiger partial charge in [0.05, 0.1) is 11.9 Å². The first-order valence-corrected chi connectivity index (χ1v) is 6.05. The summed E-state index contributed by atoms with van der Waals surface area (Å²) in [6.07, 6.45) is -0.495. The normalized spacial score (nSPS) is 12.1. The molecule has 0 fully saturated rings. The average molecular weight is 274 g/mol. The van der Waals surface area contributed by atoms with E-state index in [4.69, 9.17) is 10.2 Å². The highest BCUT2D eigenvalue weighted by Crippen LogP contribution is 2.23. The van der Waals surface area contributed by atoms with Crippen molar-refractivity contribution in [2.75, 3.05) is 5.32 Å². The predicted octanol–water partition coefficient (Wildman–Crippen LogP) is 1.88. The monoisotopic (exact) mass is 274 g/mol. The van der Waals surface area contributed by atoms with E-state index in [0.717, 1.165) is 16.6 Å². The Morgan fingerprint density at radius 1 is 1.25 bits per heavy atom. The maximum absolute atomic E-state index is 11.1. The molecule has 1 aromatic carbocycles. The SMILES string of the molecule is Cc1ccc2c(N[C@@H](CC(=O)O)C(=O)O)cccc2n1. The van der Waals surface area contributed by atoms with Gasteiger partial charge in [-0.3, -0.25) is 9.78 Å². The topological polar surface area (TPSA) is 99.5 Å². The van der Waals surface area contributed by atoms with Crippen LogP contribution >= 0.6 is 0 Å². The minimum Gasteiger partial charge on any atom is -0.481 e. The van der Waals surface area contributed by atoms with Gasteiger partial charge in [-0.2, -0.15) is 0 Å². The Morgan fingerprint density at radius 2 is 2.00 bits per heavy atom. The number of hydrogen-bond acceptors (Lipinski definition) is 4. The maximum Gasteiger partial charge on any atom is 0.326 e. The number of nitrogens with one attached hydrogen (secondary N) is 1. The summed E-state index contributed by atoms with van der Waals surface area (Å²) in [7, 11) is 0. The summed E-state index contributed by atoms with van der Waals surface area (Å²) in [5.74, 6) is -2.37. The van der Waals surface area contributed by atoms with E-state index in [1.54, 1.807) is 12.1 Å². The van der Waals surface area contributed by atoms with Crippen molar-refractivity contribution >= 4 is 28.5 Å². The number of benzene rings is 1. The lowest BCUT2D eigenvalue weighted by molar-refractivity contribution is -0.144. The maximum atomic E-state index is 11.1. The van der Waals surface area contributed by atoms with Crippen LogP contribution in [-0.4, -0.2) is 33.2 Å². The Kier molecular flexibility index (Phi) is 3.84. The first-order chi connectivity index (χ1) is 9.47. The van der Waals surface area contributed by atoms with Crippen molar-refractivity contribution in [3.8, 4) is 0 Å². The molecule has 6 nitrogen and oxygen atoms in total. The van der Waals surface area contributed by atoms with Crippen LogP contribution in [0.5, 0.6) is 0 Å². The van der Waals surface area contributed by atoms with Crippen LogP contribution in [0, 0.1) is 6.92 Å². The molecule has 0 spiro atoms. The zero-order valence-electron chi connectivity index (χ0n) is 10.8. The van der Waals surface area contributed by atoms with E-state index in [0.29, 0.717) is 5.69 Å². The minimum atomic E-state index is -1.20. The molecule has 2 rings (SSSR count). The highest BCUT2D eigenvalue weighted by Gasteiger charge is 2.21. The van der Waals surface area contributed by atoms with Gasteiger partial charge in [-0.05, 0) is 31.2 Å². The van der Waals surface area contributed by atoms with Crippen LogP contribution in [0.15, 0.2) is 30.3 Å². The molecule has 1 atom stereocenters. The molecule has 0 amide bonds. The van der Waals surface area contributed by atoms with Crippen LogP contribution in [-0.2, 0) is 9.59 Å². The molecule has 3 N–H and O–H groups in total. The number of fused-ring (bicyclic) bond motifs is 1. The van der Waals surface area contributed by atoms with Gasteiger partial charge >= 0.3 is 11.9 Å². The van der Waals surface area contributed by atoms with Gasteiger partial charge in [-0.25, -0.2) is 4.79 Å².